The summed E-state index contributed by atoms with van der Waals surface area (Å²) in [6, 6.07) is 13.6. The van der Waals surface area contributed by atoms with Gasteiger partial charge in [-0.15, -0.1) is 11.3 Å². The lowest BCUT2D eigenvalue weighted by Gasteiger charge is -2.36. The molecular formula is C23H25ClN4O3S. The average Bonchev–Trinajstić information content (AvgIpc) is 3.27. The molecule has 1 aromatic heterocycles. The van der Waals surface area contributed by atoms with E-state index in [1.807, 2.05) is 4.90 Å². The van der Waals surface area contributed by atoms with Crippen molar-refractivity contribution in [2.24, 2.45) is 0 Å². The van der Waals surface area contributed by atoms with Crippen molar-refractivity contribution in [2.75, 3.05) is 50.6 Å². The minimum atomic E-state index is -0.00966. The first-order chi connectivity index (χ1) is 15.6. The summed E-state index contributed by atoms with van der Waals surface area (Å²) < 4.78 is 11.1. The highest BCUT2D eigenvalue weighted by Crippen LogP contribution is 2.25. The summed E-state index contributed by atoms with van der Waals surface area (Å²) in [5.74, 6) is 1.21. The first-order valence-electron chi connectivity index (χ1n) is 10.3. The topological polar surface area (TPSA) is 66.9 Å². The van der Waals surface area contributed by atoms with Gasteiger partial charge in [-0.3, -0.25) is 4.79 Å². The van der Waals surface area contributed by atoms with Crippen molar-refractivity contribution in [3.63, 3.8) is 0 Å². The number of aromatic nitrogens is 1. The van der Waals surface area contributed by atoms with Gasteiger partial charge >= 0.3 is 0 Å². The van der Waals surface area contributed by atoms with Gasteiger partial charge in [0.15, 0.2) is 4.47 Å². The molecule has 1 saturated heterocycles. The fourth-order valence-corrected chi connectivity index (χ4v) is 4.54. The molecule has 1 amide bonds. The fraction of sp³-hybridized carbons (Fsp3) is 0.304. The van der Waals surface area contributed by atoms with Gasteiger partial charge in [0.05, 0.1) is 20.8 Å². The highest BCUT2D eigenvalue weighted by Gasteiger charge is 2.23. The molecule has 1 aliphatic rings. The van der Waals surface area contributed by atoms with Crippen molar-refractivity contribution in [2.45, 2.75) is 6.54 Å². The number of hydrogen-bond donors (Lipinski definition) is 1. The molecule has 0 saturated carbocycles. The minimum absolute atomic E-state index is 0.00966. The molecule has 1 N–H and O–H groups in total. The molecule has 1 aliphatic heterocycles. The van der Waals surface area contributed by atoms with Crippen molar-refractivity contribution in [1.29, 1.82) is 0 Å². The zero-order valence-electron chi connectivity index (χ0n) is 18.0. The molecule has 9 heteroatoms. The Balaban J connectivity index is 1.32. The lowest BCUT2D eigenvalue weighted by molar-refractivity contribution is 0.0746. The molecule has 0 radical (unpaired) electrons. The molecule has 1 fully saturated rings. The van der Waals surface area contributed by atoms with E-state index in [0.29, 0.717) is 41.2 Å². The van der Waals surface area contributed by atoms with Crippen LogP contribution in [0.4, 0.5) is 11.4 Å². The monoisotopic (exact) mass is 472 g/mol. The number of halogens is 1. The van der Waals surface area contributed by atoms with Crippen molar-refractivity contribution in [3.8, 4) is 11.5 Å². The van der Waals surface area contributed by atoms with E-state index in [-0.39, 0.29) is 5.91 Å². The third-order valence-electron chi connectivity index (χ3n) is 5.39. The highest BCUT2D eigenvalue weighted by molar-refractivity contribution is 7.15. The molecular weight excluding hydrogens is 448 g/mol. The number of nitrogens with zero attached hydrogens (tertiary/aromatic N) is 3. The molecule has 0 unspecified atom stereocenters. The van der Waals surface area contributed by atoms with Crippen LogP contribution in [0, 0.1) is 0 Å². The molecule has 0 atom stereocenters. The van der Waals surface area contributed by atoms with Crippen molar-refractivity contribution in [3.05, 3.63) is 63.6 Å². The van der Waals surface area contributed by atoms with Gasteiger partial charge in [0.1, 0.15) is 11.5 Å². The maximum atomic E-state index is 13.0. The number of anilines is 2. The number of nitrogens with one attached hydrogen (secondary N) is 1. The first kappa shape index (κ1) is 22.2. The predicted octanol–water partition coefficient (Wildman–Crippen LogP) is 4.39. The molecule has 2 aromatic carbocycles. The van der Waals surface area contributed by atoms with E-state index in [0.717, 1.165) is 29.3 Å². The summed E-state index contributed by atoms with van der Waals surface area (Å²) >= 11 is 7.35. The second-order valence-corrected chi connectivity index (χ2v) is 9.06. The Hall–Kier alpha value is -2.97. The lowest BCUT2D eigenvalue weighted by atomic mass is 10.1. The number of piperazine rings is 1. The molecule has 4 rings (SSSR count). The number of benzene rings is 2. The first-order valence-corrected chi connectivity index (χ1v) is 11.5. The van der Waals surface area contributed by atoms with Gasteiger partial charge < -0.3 is 24.6 Å². The van der Waals surface area contributed by atoms with Gasteiger partial charge in [0, 0.05) is 60.3 Å². The minimum Gasteiger partial charge on any atom is -0.497 e. The van der Waals surface area contributed by atoms with Crippen LogP contribution in [0.25, 0.3) is 0 Å². The van der Waals surface area contributed by atoms with Crippen molar-refractivity contribution in [1.82, 2.24) is 9.88 Å². The van der Waals surface area contributed by atoms with Crippen LogP contribution < -0.4 is 19.7 Å². The third kappa shape index (κ3) is 5.26. The standard InChI is InChI=1S/C23H25ClN4O3S/c1-30-19-11-16(12-20(13-19)31-2)22(29)28-9-7-27(8-10-28)18-5-3-17(4-6-18)25-14-21-15-26-23(24)32-21/h3-6,11-13,15,25H,7-10,14H2,1-2H3. The van der Waals surface area contributed by atoms with Crippen LogP contribution in [-0.2, 0) is 6.54 Å². The van der Waals surface area contributed by atoms with E-state index in [2.05, 4.69) is 39.5 Å². The van der Waals surface area contributed by atoms with E-state index < -0.39 is 0 Å². The normalized spacial score (nSPS) is 13.7. The number of carbonyl (C=O) groups excluding carboxylic acids is 1. The Morgan fingerprint density at radius 2 is 1.72 bits per heavy atom. The van der Waals surface area contributed by atoms with Crippen LogP contribution in [0.1, 0.15) is 15.2 Å². The molecule has 32 heavy (non-hydrogen) atoms. The summed E-state index contributed by atoms with van der Waals surface area (Å²) in [5, 5.41) is 3.38. The zero-order chi connectivity index (χ0) is 22.5. The van der Waals surface area contributed by atoms with Crippen LogP contribution in [0.15, 0.2) is 48.7 Å². The van der Waals surface area contributed by atoms with Gasteiger partial charge in [-0.1, -0.05) is 11.6 Å². The maximum absolute atomic E-state index is 13.0. The molecule has 0 aliphatic carbocycles. The van der Waals surface area contributed by atoms with Crippen molar-refractivity contribution < 1.29 is 14.3 Å². The van der Waals surface area contributed by atoms with E-state index in [1.54, 1.807) is 38.6 Å². The van der Waals surface area contributed by atoms with Crippen LogP contribution in [0.5, 0.6) is 11.5 Å². The highest BCUT2D eigenvalue weighted by atomic mass is 35.5. The molecule has 3 aromatic rings. The number of ether oxygens (including phenoxy) is 2. The summed E-state index contributed by atoms with van der Waals surface area (Å²) in [5.41, 5.74) is 2.76. The quantitative estimate of drug-likeness (QED) is 0.550. The second-order valence-electron chi connectivity index (χ2n) is 7.36. The molecule has 0 bridgehead atoms. The number of carbonyl (C=O) groups is 1. The Morgan fingerprint density at radius 1 is 1.06 bits per heavy atom. The summed E-state index contributed by atoms with van der Waals surface area (Å²) in [4.78, 5) is 22.3. The molecule has 2 heterocycles. The maximum Gasteiger partial charge on any atom is 0.254 e. The Bertz CT molecular complexity index is 1040. The van der Waals surface area contributed by atoms with Crippen molar-refractivity contribution >= 4 is 40.2 Å². The average molecular weight is 473 g/mol. The van der Waals surface area contributed by atoms with E-state index in [9.17, 15) is 4.79 Å². The number of amides is 1. The smallest absolute Gasteiger partial charge is 0.254 e. The summed E-state index contributed by atoms with van der Waals surface area (Å²) in [7, 11) is 3.16. The fourth-order valence-electron chi connectivity index (χ4n) is 3.63. The Kier molecular flexibility index (Phi) is 7.02. The largest absolute Gasteiger partial charge is 0.497 e. The predicted molar refractivity (Wildman–Crippen MR) is 129 cm³/mol. The van der Waals surface area contributed by atoms with Gasteiger partial charge in [0.25, 0.3) is 5.91 Å². The number of thiazole rings is 1. The van der Waals surface area contributed by atoms with Gasteiger partial charge in [0.2, 0.25) is 0 Å². The number of hydrogen-bond acceptors (Lipinski definition) is 7. The molecule has 168 valence electrons. The third-order valence-corrected chi connectivity index (χ3v) is 6.50. The summed E-state index contributed by atoms with van der Waals surface area (Å²) in [6.45, 7) is 3.56. The number of rotatable bonds is 7. The molecule has 0 spiro atoms. The zero-order valence-corrected chi connectivity index (χ0v) is 19.6. The van der Waals surface area contributed by atoms with Crippen LogP contribution in [-0.4, -0.2) is 56.2 Å². The molecule has 7 nitrogen and oxygen atoms in total. The Morgan fingerprint density at radius 3 is 2.28 bits per heavy atom. The number of methoxy groups -OCH3 is 2. The SMILES string of the molecule is COc1cc(OC)cc(C(=O)N2CCN(c3ccc(NCc4cnc(Cl)s4)cc3)CC2)c1. The van der Waals surface area contributed by atoms with Gasteiger partial charge in [-0.25, -0.2) is 4.98 Å². The van der Waals surface area contributed by atoms with E-state index in [4.69, 9.17) is 21.1 Å². The van der Waals surface area contributed by atoms with Gasteiger partial charge in [-0.2, -0.15) is 0 Å². The summed E-state index contributed by atoms with van der Waals surface area (Å²) in [6.07, 6.45) is 1.79. The Labute approximate surface area is 196 Å². The van der Waals surface area contributed by atoms with E-state index >= 15 is 0 Å². The van der Waals surface area contributed by atoms with Crippen LogP contribution in [0.3, 0.4) is 0 Å². The second kappa shape index (κ2) is 10.1. The van der Waals surface area contributed by atoms with E-state index in [1.165, 1.54) is 11.3 Å². The van der Waals surface area contributed by atoms with Gasteiger partial charge in [-0.05, 0) is 36.4 Å². The van der Waals surface area contributed by atoms with Crippen LogP contribution in [0.2, 0.25) is 4.47 Å². The van der Waals surface area contributed by atoms with Crippen LogP contribution >= 0.6 is 22.9 Å². The lowest BCUT2D eigenvalue weighted by Crippen LogP contribution is -2.48.